The molecule has 1 aliphatic rings. The first kappa shape index (κ1) is 12.5. The molecule has 1 fully saturated rings. The molecule has 106 valence electrons. The first-order valence-electron chi connectivity index (χ1n) is 6.63. The van der Waals surface area contributed by atoms with E-state index in [1.807, 2.05) is 30.3 Å². The van der Waals surface area contributed by atoms with Crippen molar-refractivity contribution in [3.8, 4) is 0 Å². The standard InChI is InChI=1S/C15H12ClN3O2/c1-8-6-12(18-21-8)19-14(13(16)15(19)20)11-7-9-4-2-3-5-10(9)17-11/h2-7,13-14,17H,1H3. The van der Waals surface area contributed by atoms with Gasteiger partial charge in [0, 0.05) is 17.3 Å². The van der Waals surface area contributed by atoms with E-state index in [0.717, 1.165) is 16.6 Å². The fraction of sp³-hybridized carbons (Fsp3) is 0.200. The summed E-state index contributed by atoms with van der Waals surface area (Å²) in [4.78, 5) is 17.0. The van der Waals surface area contributed by atoms with E-state index in [0.29, 0.717) is 11.6 Å². The highest BCUT2D eigenvalue weighted by Gasteiger charge is 2.49. The van der Waals surface area contributed by atoms with E-state index in [2.05, 4.69) is 10.1 Å². The summed E-state index contributed by atoms with van der Waals surface area (Å²) in [5, 5.41) is 4.41. The maximum Gasteiger partial charge on any atom is 0.249 e. The fourth-order valence-corrected chi connectivity index (χ4v) is 3.08. The Morgan fingerprint density at radius 3 is 2.86 bits per heavy atom. The van der Waals surface area contributed by atoms with Crippen LogP contribution in [0.4, 0.5) is 5.82 Å². The maximum absolute atomic E-state index is 12.1. The Morgan fingerprint density at radius 1 is 1.33 bits per heavy atom. The van der Waals surface area contributed by atoms with Gasteiger partial charge in [-0.1, -0.05) is 23.4 Å². The van der Waals surface area contributed by atoms with Gasteiger partial charge in [-0.3, -0.25) is 9.69 Å². The molecular formula is C15H12ClN3O2. The fourth-order valence-electron chi connectivity index (χ4n) is 2.73. The number of H-pyrrole nitrogens is 1. The molecule has 6 heteroatoms. The number of amides is 1. The predicted molar refractivity (Wildman–Crippen MR) is 79.4 cm³/mol. The predicted octanol–water partition coefficient (Wildman–Crippen LogP) is 3.16. The minimum Gasteiger partial charge on any atom is -0.360 e. The number of aromatic amines is 1. The zero-order valence-corrected chi connectivity index (χ0v) is 12.0. The molecule has 0 aliphatic carbocycles. The summed E-state index contributed by atoms with van der Waals surface area (Å²) in [5.74, 6) is 0.998. The molecule has 5 nitrogen and oxygen atoms in total. The number of fused-ring (bicyclic) bond motifs is 1. The molecule has 21 heavy (non-hydrogen) atoms. The Morgan fingerprint density at radius 2 is 2.14 bits per heavy atom. The van der Waals surface area contributed by atoms with Crippen LogP contribution in [0.25, 0.3) is 10.9 Å². The summed E-state index contributed by atoms with van der Waals surface area (Å²) in [5.41, 5.74) is 1.92. The quantitative estimate of drug-likeness (QED) is 0.584. The summed E-state index contributed by atoms with van der Waals surface area (Å²) in [6.07, 6.45) is 0. The molecule has 2 aromatic heterocycles. The molecule has 0 radical (unpaired) electrons. The number of benzene rings is 1. The Bertz CT molecular complexity index is 805. The van der Waals surface area contributed by atoms with Gasteiger partial charge in [0.2, 0.25) is 5.91 Å². The van der Waals surface area contributed by atoms with Gasteiger partial charge in [-0.15, -0.1) is 11.6 Å². The summed E-state index contributed by atoms with van der Waals surface area (Å²) in [6.45, 7) is 1.79. The molecule has 1 aliphatic heterocycles. The van der Waals surface area contributed by atoms with Crippen molar-refractivity contribution in [2.24, 2.45) is 0 Å². The third-order valence-electron chi connectivity index (χ3n) is 3.76. The van der Waals surface area contributed by atoms with Gasteiger partial charge in [0.15, 0.2) is 5.82 Å². The van der Waals surface area contributed by atoms with Crippen molar-refractivity contribution in [3.05, 3.63) is 47.9 Å². The lowest BCUT2D eigenvalue weighted by molar-refractivity contribution is -0.123. The Kier molecular flexibility index (Phi) is 2.59. The Balaban J connectivity index is 1.76. The highest BCUT2D eigenvalue weighted by atomic mass is 35.5. The van der Waals surface area contributed by atoms with E-state index in [9.17, 15) is 4.79 Å². The number of aryl methyl sites for hydroxylation is 1. The van der Waals surface area contributed by atoms with Crippen molar-refractivity contribution in [2.75, 3.05) is 4.90 Å². The van der Waals surface area contributed by atoms with Gasteiger partial charge in [0.05, 0.1) is 0 Å². The summed E-state index contributed by atoms with van der Waals surface area (Å²) in [7, 11) is 0. The van der Waals surface area contributed by atoms with Crippen LogP contribution in [-0.4, -0.2) is 21.4 Å². The molecule has 4 rings (SSSR count). The van der Waals surface area contributed by atoms with Crippen LogP contribution in [0.2, 0.25) is 0 Å². The number of carbonyl (C=O) groups excluding carboxylic acids is 1. The molecule has 1 aromatic carbocycles. The second kappa shape index (κ2) is 4.36. The molecule has 0 saturated carbocycles. The number of para-hydroxylation sites is 1. The number of hydrogen-bond acceptors (Lipinski definition) is 3. The number of alkyl halides is 1. The van der Waals surface area contributed by atoms with Crippen LogP contribution >= 0.6 is 11.6 Å². The number of anilines is 1. The van der Waals surface area contributed by atoms with E-state index < -0.39 is 5.38 Å². The molecule has 0 bridgehead atoms. The van der Waals surface area contributed by atoms with E-state index in [1.54, 1.807) is 17.9 Å². The van der Waals surface area contributed by atoms with Gasteiger partial charge in [-0.25, -0.2) is 0 Å². The van der Waals surface area contributed by atoms with Gasteiger partial charge in [0.1, 0.15) is 17.2 Å². The van der Waals surface area contributed by atoms with E-state index in [4.69, 9.17) is 16.1 Å². The number of hydrogen-bond donors (Lipinski definition) is 1. The lowest BCUT2D eigenvalue weighted by Crippen LogP contribution is -2.56. The number of halogens is 1. The van der Waals surface area contributed by atoms with Crippen molar-refractivity contribution < 1.29 is 9.32 Å². The molecule has 3 heterocycles. The smallest absolute Gasteiger partial charge is 0.249 e. The van der Waals surface area contributed by atoms with E-state index in [-0.39, 0.29) is 11.9 Å². The molecule has 1 saturated heterocycles. The first-order valence-corrected chi connectivity index (χ1v) is 7.07. The highest BCUT2D eigenvalue weighted by molar-refractivity contribution is 6.37. The largest absolute Gasteiger partial charge is 0.360 e. The van der Waals surface area contributed by atoms with Gasteiger partial charge in [-0.05, 0) is 24.4 Å². The van der Waals surface area contributed by atoms with Crippen molar-refractivity contribution in [2.45, 2.75) is 18.3 Å². The van der Waals surface area contributed by atoms with E-state index in [1.165, 1.54) is 0 Å². The van der Waals surface area contributed by atoms with Crippen LogP contribution in [0.3, 0.4) is 0 Å². The molecular weight excluding hydrogens is 290 g/mol. The van der Waals surface area contributed by atoms with Gasteiger partial charge >= 0.3 is 0 Å². The van der Waals surface area contributed by atoms with Crippen molar-refractivity contribution in [1.82, 2.24) is 10.1 Å². The Labute approximate surface area is 125 Å². The molecule has 3 aromatic rings. The van der Waals surface area contributed by atoms with Crippen LogP contribution in [0, 0.1) is 6.92 Å². The average molecular weight is 302 g/mol. The van der Waals surface area contributed by atoms with Crippen LogP contribution in [-0.2, 0) is 4.79 Å². The molecule has 2 unspecified atom stereocenters. The monoisotopic (exact) mass is 301 g/mol. The first-order chi connectivity index (χ1) is 10.1. The lowest BCUT2D eigenvalue weighted by Gasteiger charge is -2.41. The number of aromatic nitrogens is 2. The molecule has 1 amide bonds. The topological polar surface area (TPSA) is 62.1 Å². The minimum atomic E-state index is -0.588. The number of rotatable bonds is 2. The maximum atomic E-state index is 12.1. The SMILES string of the molecule is Cc1cc(N2C(=O)C(Cl)C2c2cc3ccccc3[nH]2)no1. The number of nitrogens with zero attached hydrogens (tertiary/aromatic N) is 2. The zero-order valence-electron chi connectivity index (χ0n) is 11.2. The summed E-state index contributed by atoms with van der Waals surface area (Å²) >= 11 is 6.21. The van der Waals surface area contributed by atoms with Crippen molar-refractivity contribution >= 4 is 34.2 Å². The number of nitrogens with one attached hydrogen (secondary N) is 1. The number of β-lactam (4-membered cyclic amide) rings is 1. The van der Waals surface area contributed by atoms with Crippen LogP contribution in [0.1, 0.15) is 17.5 Å². The van der Waals surface area contributed by atoms with Crippen LogP contribution < -0.4 is 4.90 Å². The van der Waals surface area contributed by atoms with Gasteiger partial charge in [-0.2, -0.15) is 0 Å². The Hall–Kier alpha value is -2.27. The lowest BCUT2D eigenvalue weighted by atomic mass is 9.97. The highest BCUT2D eigenvalue weighted by Crippen LogP contribution is 2.42. The third-order valence-corrected chi connectivity index (χ3v) is 4.19. The molecule has 2 atom stereocenters. The second-order valence-electron chi connectivity index (χ2n) is 5.16. The van der Waals surface area contributed by atoms with Gasteiger partial charge in [0.25, 0.3) is 0 Å². The second-order valence-corrected chi connectivity index (χ2v) is 5.63. The van der Waals surface area contributed by atoms with E-state index >= 15 is 0 Å². The van der Waals surface area contributed by atoms with Crippen molar-refractivity contribution in [1.29, 1.82) is 0 Å². The van der Waals surface area contributed by atoms with Crippen molar-refractivity contribution in [3.63, 3.8) is 0 Å². The zero-order chi connectivity index (χ0) is 14.6. The molecule has 1 N–H and O–H groups in total. The average Bonchev–Trinajstić information content (AvgIpc) is 3.08. The van der Waals surface area contributed by atoms with Crippen LogP contribution in [0.5, 0.6) is 0 Å². The normalized spacial score (nSPS) is 21.8. The minimum absolute atomic E-state index is 0.159. The van der Waals surface area contributed by atoms with Crippen LogP contribution in [0.15, 0.2) is 40.9 Å². The number of carbonyl (C=O) groups is 1. The van der Waals surface area contributed by atoms with Gasteiger partial charge < -0.3 is 9.51 Å². The summed E-state index contributed by atoms with van der Waals surface area (Å²) < 4.78 is 5.05. The molecule has 0 spiro atoms. The summed E-state index contributed by atoms with van der Waals surface area (Å²) in [6, 6.07) is 11.4. The third kappa shape index (κ3) is 1.77.